The van der Waals surface area contributed by atoms with Gasteiger partial charge in [0, 0.05) is 21.8 Å². The summed E-state index contributed by atoms with van der Waals surface area (Å²) in [5.74, 6) is 0.0905. The van der Waals surface area contributed by atoms with Crippen LogP contribution in [0.25, 0.3) is 21.8 Å². The minimum atomic E-state index is -0.803. The van der Waals surface area contributed by atoms with E-state index in [0.29, 0.717) is 32.8 Å². The number of ether oxygens (including phenoxy) is 2. The fourth-order valence-electron chi connectivity index (χ4n) is 7.34. The maximum Gasteiger partial charge on any atom is 0.338 e. The van der Waals surface area contributed by atoms with Gasteiger partial charge in [-0.05, 0) is 93.0 Å². The topological polar surface area (TPSA) is 98.6 Å². The Labute approximate surface area is 292 Å². The molecule has 0 radical (unpaired) electrons. The van der Waals surface area contributed by atoms with Gasteiger partial charge in [0.2, 0.25) is 0 Å². The van der Waals surface area contributed by atoms with E-state index in [9.17, 15) is 14.9 Å². The lowest BCUT2D eigenvalue weighted by atomic mass is 9.90. The average molecular weight is 691 g/mol. The molecule has 8 nitrogen and oxygen atoms in total. The van der Waals surface area contributed by atoms with Gasteiger partial charge in [0.05, 0.1) is 35.1 Å². The molecule has 3 aromatic heterocycles. The number of nitrogens with zero attached hydrogens (tertiary/aromatic N) is 4. The number of esters is 1. The fourth-order valence-corrected chi connectivity index (χ4v) is 9.80. The van der Waals surface area contributed by atoms with Gasteiger partial charge in [0.15, 0.2) is 4.80 Å². The molecular weight excluding hydrogens is 653 g/mol. The molecule has 0 fully saturated rings. The predicted molar refractivity (Wildman–Crippen MR) is 195 cm³/mol. The maximum absolute atomic E-state index is 14.7. The zero-order valence-electron chi connectivity index (χ0n) is 28.4. The van der Waals surface area contributed by atoms with E-state index < -0.39 is 12.0 Å². The maximum atomic E-state index is 14.7. The monoisotopic (exact) mass is 690 g/mol. The van der Waals surface area contributed by atoms with Crippen LogP contribution in [0, 0.1) is 25.2 Å². The predicted octanol–water partition coefficient (Wildman–Crippen LogP) is 6.96. The van der Waals surface area contributed by atoms with E-state index in [1.807, 2.05) is 63.2 Å². The number of fused-ring (bicyclic) bond motifs is 3. The summed E-state index contributed by atoms with van der Waals surface area (Å²) >= 11 is 3.04. The van der Waals surface area contributed by atoms with Crippen LogP contribution in [-0.4, -0.2) is 28.8 Å². The Bertz CT molecular complexity index is 2400. The second kappa shape index (κ2) is 13.3. The molecule has 49 heavy (non-hydrogen) atoms. The highest BCUT2D eigenvalue weighted by molar-refractivity contribution is 7.15. The number of hydrogen-bond acceptors (Lipinski definition) is 8. The molecule has 5 aromatic rings. The average Bonchev–Trinajstić information content (AvgIpc) is 3.72. The summed E-state index contributed by atoms with van der Waals surface area (Å²) in [6, 6.07) is 15.6. The van der Waals surface area contributed by atoms with Crippen molar-refractivity contribution in [2.75, 3.05) is 13.7 Å². The Morgan fingerprint density at radius 2 is 1.92 bits per heavy atom. The van der Waals surface area contributed by atoms with Crippen molar-refractivity contribution in [3.8, 4) is 16.8 Å². The van der Waals surface area contributed by atoms with Crippen molar-refractivity contribution in [1.29, 1.82) is 5.26 Å². The summed E-state index contributed by atoms with van der Waals surface area (Å²) in [6.45, 7) is 8.11. The Kier molecular flexibility index (Phi) is 8.90. The van der Waals surface area contributed by atoms with Crippen LogP contribution >= 0.6 is 22.7 Å². The molecule has 0 bridgehead atoms. The van der Waals surface area contributed by atoms with Gasteiger partial charge in [-0.15, -0.1) is 11.3 Å². The summed E-state index contributed by atoms with van der Waals surface area (Å²) in [5, 5.41) is 13.0. The van der Waals surface area contributed by atoms with Crippen LogP contribution < -0.4 is 19.6 Å². The number of carbonyl (C=O) groups excluding carboxylic acids is 1. The molecule has 0 N–H and O–H groups in total. The number of aromatic nitrogens is 2. The van der Waals surface area contributed by atoms with Crippen LogP contribution in [0.15, 0.2) is 63.5 Å². The SMILES string of the molecule is CCCC1=C(C(=O)OCC)[C@H](c2c(OC)ccc3ccccc23)n2c(s/c(=C/c3cc(C)n(-c4sc5c(c4C#N)CCCC5)c3C)c2=O)=N1. The van der Waals surface area contributed by atoms with E-state index in [1.54, 1.807) is 29.9 Å². The van der Waals surface area contributed by atoms with E-state index in [-0.39, 0.29) is 12.2 Å². The fraction of sp³-hybridized carbons (Fsp3) is 0.333. The van der Waals surface area contributed by atoms with Crippen LogP contribution in [0.2, 0.25) is 0 Å². The number of benzene rings is 2. The van der Waals surface area contributed by atoms with Crippen molar-refractivity contribution < 1.29 is 14.3 Å². The van der Waals surface area contributed by atoms with E-state index >= 15 is 0 Å². The summed E-state index contributed by atoms with van der Waals surface area (Å²) < 4.78 is 15.9. The standard InChI is InChI=1S/C39H38N4O4S2/c1-6-12-29-34(38(45)47-7-2)35(33-26-14-9-8-13-24(26)17-18-30(33)46-5)43-36(44)32(49-39(43)41-29)20-25-19-22(3)42(23(25)4)37-28(21-40)27-15-10-11-16-31(27)48-37/h8-9,13-14,17-20,35H,6-7,10-12,15-16H2,1-5H3/b32-20+/t35-/m0/s1. The smallest absolute Gasteiger partial charge is 0.338 e. The molecule has 250 valence electrons. The lowest BCUT2D eigenvalue weighted by Crippen LogP contribution is -2.40. The van der Waals surface area contributed by atoms with Crippen LogP contribution in [0.1, 0.15) is 84.1 Å². The first-order valence-electron chi connectivity index (χ1n) is 16.8. The molecule has 0 spiro atoms. The Morgan fingerprint density at radius 3 is 2.67 bits per heavy atom. The third-order valence-electron chi connectivity index (χ3n) is 9.54. The van der Waals surface area contributed by atoms with Gasteiger partial charge < -0.3 is 14.0 Å². The van der Waals surface area contributed by atoms with Crippen molar-refractivity contribution in [3.05, 3.63) is 112 Å². The molecule has 0 unspecified atom stereocenters. The number of thiophene rings is 1. The highest BCUT2D eigenvalue weighted by atomic mass is 32.1. The van der Waals surface area contributed by atoms with E-state index in [0.717, 1.165) is 76.0 Å². The molecule has 0 saturated carbocycles. The van der Waals surface area contributed by atoms with E-state index in [4.69, 9.17) is 14.5 Å². The van der Waals surface area contributed by atoms with Gasteiger partial charge in [0.25, 0.3) is 5.56 Å². The van der Waals surface area contributed by atoms with Crippen molar-refractivity contribution in [1.82, 2.24) is 9.13 Å². The Hall–Kier alpha value is -4.72. The summed E-state index contributed by atoms with van der Waals surface area (Å²) in [7, 11) is 1.61. The number of aryl methyl sites for hydroxylation is 2. The normalized spacial score (nSPS) is 15.9. The summed E-state index contributed by atoms with van der Waals surface area (Å²) in [6.07, 6.45) is 7.45. The number of nitriles is 1. The van der Waals surface area contributed by atoms with Crippen molar-refractivity contribution >= 4 is 45.5 Å². The zero-order chi connectivity index (χ0) is 34.4. The van der Waals surface area contributed by atoms with Crippen LogP contribution in [0.5, 0.6) is 5.75 Å². The first-order chi connectivity index (χ1) is 23.8. The molecule has 4 heterocycles. The van der Waals surface area contributed by atoms with Gasteiger partial charge in [-0.25, -0.2) is 9.79 Å². The molecular formula is C39H38N4O4S2. The van der Waals surface area contributed by atoms with Gasteiger partial charge in [-0.2, -0.15) is 5.26 Å². The van der Waals surface area contributed by atoms with Crippen molar-refractivity contribution in [2.45, 2.75) is 72.3 Å². The molecule has 1 atom stereocenters. The Balaban J connectivity index is 1.47. The molecule has 2 aromatic carbocycles. The highest BCUT2D eigenvalue weighted by Gasteiger charge is 2.37. The molecule has 7 rings (SSSR count). The van der Waals surface area contributed by atoms with Crippen LogP contribution in [0.4, 0.5) is 0 Å². The number of methoxy groups -OCH3 is 1. The third-order valence-corrected chi connectivity index (χ3v) is 11.8. The zero-order valence-corrected chi connectivity index (χ0v) is 30.0. The third kappa shape index (κ3) is 5.45. The van der Waals surface area contributed by atoms with Crippen molar-refractivity contribution in [3.63, 3.8) is 0 Å². The first-order valence-corrected chi connectivity index (χ1v) is 18.5. The van der Waals surface area contributed by atoms with Crippen LogP contribution in [0.3, 0.4) is 0 Å². The van der Waals surface area contributed by atoms with Gasteiger partial charge in [-0.1, -0.05) is 55.0 Å². The van der Waals surface area contributed by atoms with E-state index in [1.165, 1.54) is 21.8 Å². The lowest BCUT2D eigenvalue weighted by Gasteiger charge is -2.28. The summed E-state index contributed by atoms with van der Waals surface area (Å²) in [5.41, 5.74) is 6.30. The number of thiazole rings is 1. The molecule has 2 aliphatic rings. The molecule has 1 aliphatic heterocycles. The lowest BCUT2D eigenvalue weighted by molar-refractivity contribution is -0.139. The quantitative estimate of drug-likeness (QED) is 0.164. The van der Waals surface area contributed by atoms with Gasteiger partial charge in [-0.3, -0.25) is 9.36 Å². The second-order valence-corrected chi connectivity index (χ2v) is 14.6. The minimum absolute atomic E-state index is 0.196. The van der Waals surface area contributed by atoms with Gasteiger partial charge in [0.1, 0.15) is 22.9 Å². The number of rotatable bonds is 8. The largest absolute Gasteiger partial charge is 0.496 e. The number of hydrogen-bond donors (Lipinski definition) is 0. The van der Waals surface area contributed by atoms with Crippen LogP contribution in [-0.2, 0) is 22.4 Å². The number of allylic oxidation sites excluding steroid dienone is 1. The molecule has 1 aliphatic carbocycles. The molecule has 0 saturated heterocycles. The van der Waals surface area contributed by atoms with Crippen molar-refractivity contribution in [2.24, 2.45) is 4.99 Å². The minimum Gasteiger partial charge on any atom is -0.496 e. The summed E-state index contributed by atoms with van der Waals surface area (Å²) in [4.78, 5) is 35.3. The van der Waals surface area contributed by atoms with E-state index in [2.05, 4.69) is 16.7 Å². The Morgan fingerprint density at radius 1 is 1.12 bits per heavy atom. The highest BCUT2D eigenvalue weighted by Crippen LogP contribution is 2.42. The first kappa shape index (κ1) is 32.8. The second-order valence-electron chi connectivity index (χ2n) is 12.5. The molecule has 0 amide bonds. The van der Waals surface area contributed by atoms with Gasteiger partial charge >= 0.3 is 5.97 Å². The molecule has 10 heteroatoms. The number of carbonyl (C=O) groups is 1.